The third kappa shape index (κ3) is 2.72. The van der Waals surface area contributed by atoms with Crippen molar-refractivity contribution in [1.82, 2.24) is 4.90 Å². The van der Waals surface area contributed by atoms with E-state index in [-0.39, 0.29) is 41.1 Å². The van der Waals surface area contributed by atoms with Gasteiger partial charge in [-0.2, -0.15) is 5.26 Å². The molecule has 3 aliphatic heterocycles. The van der Waals surface area contributed by atoms with Crippen LogP contribution in [0, 0.1) is 34.4 Å². The number of nitriles is 1. The Bertz CT molecular complexity index is 933. The smallest absolute Gasteiger partial charge is 0.223 e. The number of hydrogen-bond donors (Lipinski definition) is 0. The van der Waals surface area contributed by atoms with Crippen LogP contribution in [0.4, 0.5) is 4.39 Å². The summed E-state index contributed by atoms with van der Waals surface area (Å²) in [5.41, 5.74) is 1.69. The van der Waals surface area contributed by atoms with E-state index in [1.807, 2.05) is 0 Å². The Labute approximate surface area is 177 Å². The van der Waals surface area contributed by atoms with E-state index in [9.17, 15) is 14.4 Å². The van der Waals surface area contributed by atoms with Gasteiger partial charge < -0.3 is 9.64 Å². The van der Waals surface area contributed by atoms with Gasteiger partial charge in [-0.1, -0.05) is 6.92 Å². The first kappa shape index (κ1) is 18.7. The predicted octanol–water partition coefficient (Wildman–Crippen LogP) is 4.89. The minimum atomic E-state index is -0.187. The molecule has 3 heterocycles. The van der Waals surface area contributed by atoms with Crippen LogP contribution in [-0.2, 0) is 4.79 Å². The molecular formula is C25H29FN2O2. The molecule has 3 aliphatic carbocycles. The Morgan fingerprint density at radius 1 is 1.27 bits per heavy atom. The average Bonchev–Trinajstić information content (AvgIpc) is 3.45. The second kappa shape index (κ2) is 6.45. The first-order chi connectivity index (χ1) is 14.5. The molecular weight excluding hydrogens is 379 g/mol. The van der Waals surface area contributed by atoms with Gasteiger partial charge in [-0.3, -0.25) is 4.79 Å². The second-order valence-electron chi connectivity index (χ2n) is 10.7. The number of carbonyl (C=O) groups is 1. The fourth-order valence-electron chi connectivity index (χ4n) is 7.29. The summed E-state index contributed by atoms with van der Waals surface area (Å²) < 4.78 is 20.6. The number of hydrogen-bond acceptors (Lipinski definition) is 3. The zero-order valence-electron chi connectivity index (χ0n) is 17.6. The lowest BCUT2D eigenvalue weighted by Crippen LogP contribution is -2.63. The first-order valence-electron chi connectivity index (χ1n) is 11.7. The van der Waals surface area contributed by atoms with Gasteiger partial charge in [0.15, 0.2) is 0 Å². The zero-order valence-corrected chi connectivity index (χ0v) is 17.6. The molecule has 1 amide bonds. The van der Waals surface area contributed by atoms with Gasteiger partial charge in [-0.15, -0.1) is 0 Å². The molecule has 4 unspecified atom stereocenters. The quantitative estimate of drug-likeness (QED) is 0.713. The van der Waals surface area contributed by atoms with Crippen LogP contribution < -0.4 is 4.74 Å². The van der Waals surface area contributed by atoms with Crippen molar-refractivity contribution in [2.75, 3.05) is 6.61 Å². The second-order valence-corrected chi connectivity index (χ2v) is 10.7. The molecule has 2 saturated heterocycles. The summed E-state index contributed by atoms with van der Waals surface area (Å²) in [6.07, 6.45) is 7.43. The molecule has 1 aromatic rings. The van der Waals surface area contributed by atoms with Gasteiger partial charge in [-0.05, 0) is 80.4 Å². The number of carbonyl (C=O) groups excluding carboxylic acids is 1. The minimum Gasteiger partial charge on any atom is -0.493 e. The Morgan fingerprint density at radius 2 is 2.00 bits per heavy atom. The molecule has 0 N–H and O–H groups in total. The maximum atomic E-state index is 14.6. The van der Waals surface area contributed by atoms with Crippen LogP contribution in [0.2, 0.25) is 0 Å². The van der Waals surface area contributed by atoms with Crippen LogP contribution in [-0.4, -0.2) is 29.5 Å². The molecule has 4 bridgehead atoms. The predicted molar refractivity (Wildman–Crippen MR) is 109 cm³/mol. The third-order valence-corrected chi connectivity index (χ3v) is 8.61. The summed E-state index contributed by atoms with van der Waals surface area (Å²) in [5.74, 6) is 2.05. The molecule has 6 aliphatic rings. The Kier molecular flexibility index (Phi) is 4.01. The molecule has 3 saturated carbocycles. The van der Waals surface area contributed by atoms with E-state index in [2.05, 4.69) is 17.9 Å². The third-order valence-electron chi connectivity index (χ3n) is 8.61. The topological polar surface area (TPSA) is 53.3 Å². The van der Waals surface area contributed by atoms with Crippen LogP contribution in [0.25, 0.3) is 0 Å². The van der Waals surface area contributed by atoms with Crippen molar-refractivity contribution in [2.24, 2.45) is 17.3 Å². The molecule has 5 fully saturated rings. The van der Waals surface area contributed by atoms with Crippen molar-refractivity contribution in [3.8, 4) is 11.8 Å². The average molecular weight is 409 g/mol. The van der Waals surface area contributed by atoms with Gasteiger partial charge in [0, 0.05) is 30.0 Å². The molecule has 4 nitrogen and oxygen atoms in total. The van der Waals surface area contributed by atoms with Crippen molar-refractivity contribution in [2.45, 2.75) is 82.2 Å². The van der Waals surface area contributed by atoms with Gasteiger partial charge >= 0.3 is 0 Å². The number of rotatable bonds is 4. The van der Waals surface area contributed by atoms with E-state index in [0.717, 1.165) is 61.8 Å². The minimum absolute atomic E-state index is 0.0822. The normalized spacial score (nSPS) is 36.9. The standard InChI is InChI=1S/C25H29FN2O2/c1-14(19-12-30-21-5-4-20(26)23(24(19)21)16-2-3-16)6-22(29)28-17-7-15-8-18(28)11-25(9-15,10-17)13-27/h4-5,14-19H,2-3,6-12H2,1H3. The lowest BCUT2D eigenvalue weighted by atomic mass is 9.56. The molecule has 0 radical (unpaired) electrons. The SMILES string of the molecule is CC(CC(=O)N1C2CC3CC1CC(C#N)(C3)C2)C1COc2ccc(F)c(C3CC3)c21. The highest BCUT2D eigenvalue weighted by Gasteiger charge is 2.56. The van der Waals surface area contributed by atoms with Gasteiger partial charge in [0.05, 0.1) is 18.1 Å². The number of halogens is 1. The highest BCUT2D eigenvalue weighted by molar-refractivity contribution is 5.78. The highest BCUT2D eigenvalue weighted by atomic mass is 19.1. The fraction of sp³-hybridized carbons (Fsp3) is 0.680. The van der Waals surface area contributed by atoms with Crippen LogP contribution in [0.3, 0.4) is 0 Å². The van der Waals surface area contributed by atoms with E-state index in [0.29, 0.717) is 24.9 Å². The van der Waals surface area contributed by atoms with Crippen molar-refractivity contribution in [1.29, 1.82) is 5.26 Å². The molecule has 0 spiro atoms. The number of amides is 1. The Balaban J connectivity index is 1.22. The summed E-state index contributed by atoms with van der Waals surface area (Å²) in [5, 5.41) is 9.74. The van der Waals surface area contributed by atoms with Crippen molar-refractivity contribution in [3.63, 3.8) is 0 Å². The fourth-order valence-corrected chi connectivity index (χ4v) is 7.29. The van der Waals surface area contributed by atoms with E-state index in [4.69, 9.17) is 4.74 Å². The maximum Gasteiger partial charge on any atom is 0.223 e. The lowest BCUT2D eigenvalue weighted by molar-refractivity contribution is -0.154. The largest absolute Gasteiger partial charge is 0.493 e. The van der Waals surface area contributed by atoms with E-state index < -0.39 is 0 Å². The summed E-state index contributed by atoms with van der Waals surface area (Å²) in [7, 11) is 0. The van der Waals surface area contributed by atoms with E-state index in [1.54, 1.807) is 6.07 Å². The Morgan fingerprint density at radius 3 is 2.67 bits per heavy atom. The van der Waals surface area contributed by atoms with Crippen molar-refractivity contribution in [3.05, 3.63) is 29.1 Å². The number of piperidine rings is 2. The zero-order chi connectivity index (χ0) is 20.6. The summed E-state index contributed by atoms with van der Waals surface area (Å²) in [4.78, 5) is 15.6. The molecule has 0 aromatic heterocycles. The van der Waals surface area contributed by atoms with Gasteiger partial charge in [-0.25, -0.2) is 4.39 Å². The number of nitrogens with zero attached hydrogens (tertiary/aromatic N) is 2. The number of benzene rings is 1. The monoisotopic (exact) mass is 408 g/mol. The molecule has 158 valence electrons. The molecule has 30 heavy (non-hydrogen) atoms. The molecule has 5 heteroatoms. The summed E-state index contributed by atoms with van der Waals surface area (Å²) >= 11 is 0. The van der Waals surface area contributed by atoms with Gasteiger partial charge in [0.2, 0.25) is 5.91 Å². The van der Waals surface area contributed by atoms with E-state index >= 15 is 0 Å². The molecule has 7 rings (SSSR count). The first-order valence-corrected chi connectivity index (χ1v) is 11.7. The lowest BCUT2D eigenvalue weighted by Gasteiger charge is -2.59. The van der Waals surface area contributed by atoms with E-state index in [1.165, 1.54) is 6.07 Å². The Hall–Kier alpha value is -2.09. The van der Waals surface area contributed by atoms with Gasteiger partial charge in [0.25, 0.3) is 0 Å². The van der Waals surface area contributed by atoms with Crippen LogP contribution >= 0.6 is 0 Å². The summed E-state index contributed by atoms with van der Waals surface area (Å²) in [6, 6.07) is 6.38. The molecule has 1 aromatic carbocycles. The van der Waals surface area contributed by atoms with Crippen molar-refractivity contribution >= 4 is 5.91 Å². The van der Waals surface area contributed by atoms with Crippen LogP contribution in [0.15, 0.2) is 12.1 Å². The highest BCUT2D eigenvalue weighted by Crippen LogP contribution is 2.56. The number of fused-ring (bicyclic) bond motifs is 1. The van der Waals surface area contributed by atoms with Crippen molar-refractivity contribution < 1.29 is 13.9 Å². The number of ether oxygens (including phenoxy) is 1. The van der Waals surface area contributed by atoms with Crippen LogP contribution in [0.1, 0.15) is 81.3 Å². The maximum absolute atomic E-state index is 14.6. The van der Waals surface area contributed by atoms with Crippen LogP contribution in [0.5, 0.6) is 5.75 Å². The molecule has 4 atom stereocenters. The van der Waals surface area contributed by atoms with Gasteiger partial charge in [0.1, 0.15) is 11.6 Å². The summed E-state index contributed by atoms with van der Waals surface area (Å²) in [6.45, 7) is 2.66.